The lowest BCUT2D eigenvalue weighted by molar-refractivity contribution is 0.482. The van der Waals surface area contributed by atoms with Gasteiger partial charge in [0.05, 0.1) is 28.7 Å². The molecule has 0 atom stereocenters. The van der Waals surface area contributed by atoms with Crippen molar-refractivity contribution in [3.8, 4) is 0 Å². The number of para-hydroxylation sites is 1. The lowest BCUT2D eigenvalue weighted by atomic mass is 10.1. The summed E-state index contributed by atoms with van der Waals surface area (Å²) in [7, 11) is 0. The Morgan fingerprint density at radius 3 is 2.79 bits per heavy atom. The van der Waals surface area contributed by atoms with E-state index < -0.39 is 0 Å². The summed E-state index contributed by atoms with van der Waals surface area (Å²) >= 11 is 0. The van der Waals surface area contributed by atoms with E-state index in [9.17, 15) is 4.79 Å². The molecule has 0 radical (unpaired) electrons. The van der Waals surface area contributed by atoms with E-state index in [4.69, 9.17) is 0 Å². The van der Waals surface area contributed by atoms with Crippen LogP contribution in [-0.4, -0.2) is 14.8 Å². The number of nitrogens with one attached hydrogen (secondary N) is 1. The highest BCUT2D eigenvalue weighted by molar-refractivity contribution is 6.02. The minimum atomic E-state index is -0.0436. The molecule has 3 aromatic rings. The Kier molecular flexibility index (Phi) is 2.24. The van der Waals surface area contributed by atoms with Gasteiger partial charge in [-0.25, -0.2) is 0 Å². The standard InChI is InChI=1S/C15H15N3O/c19-15-12-9-16-18(10-5-1-2-6-10)14(12)11-7-3-4-8-13(11)17-15/h3-4,7-10H,1-2,5-6H2,(H,17,19). The van der Waals surface area contributed by atoms with Crippen LogP contribution >= 0.6 is 0 Å². The molecule has 1 N–H and O–H groups in total. The van der Waals surface area contributed by atoms with E-state index in [1.54, 1.807) is 6.20 Å². The number of pyridine rings is 1. The van der Waals surface area contributed by atoms with Crippen molar-refractivity contribution in [1.29, 1.82) is 0 Å². The quantitative estimate of drug-likeness (QED) is 0.724. The van der Waals surface area contributed by atoms with Gasteiger partial charge < -0.3 is 4.98 Å². The van der Waals surface area contributed by atoms with Crippen molar-refractivity contribution >= 4 is 21.8 Å². The summed E-state index contributed by atoms with van der Waals surface area (Å²) in [5.41, 5.74) is 1.84. The molecule has 2 aromatic heterocycles. The monoisotopic (exact) mass is 253 g/mol. The summed E-state index contributed by atoms with van der Waals surface area (Å²) in [6.45, 7) is 0. The molecule has 1 fully saturated rings. The van der Waals surface area contributed by atoms with Gasteiger partial charge in [-0.3, -0.25) is 9.48 Å². The zero-order valence-corrected chi connectivity index (χ0v) is 10.6. The highest BCUT2D eigenvalue weighted by atomic mass is 16.1. The minimum Gasteiger partial charge on any atom is -0.321 e. The fourth-order valence-corrected chi connectivity index (χ4v) is 3.21. The average Bonchev–Trinajstić information content (AvgIpc) is 3.08. The third kappa shape index (κ3) is 1.52. The van der Waals surface area contributed by atoms with Crippen LogP contribution in [0, 0.1) is 0 Å². The SMILES string of the molecule is O=c1[nH]c2ccccc2c2c1cnn2C1CCCC1. The Labute approximate surface area is 110 Å². The van der Waals surface area contributed by atoms with Gasteiger partial charge in [-0.1, -0.05) is 31.0 Å². The van der Waals surface area contributed by atoms with Gasteiger partial charge in [-0.05, 0) is 18.9 Å². The molecule has 19 heavy (non-hydrogen) atoms. The van der Waals surface area contributed by atoms with E-state index in [0.717, 1.165) is 29.3 Å². The molecule has 1 aliphatic carbocycles. The van der Waals surface area contributed by atoms with Crippen molar-refractivity contribution in [3.63, 3.8) is 0 Å². The second-order valence-electron chi connectivity index (χ2n) is 5.29. The Morgan fingerprint density at radius 2 is 1.95 bits per heavy atom. The Hall–Kier alpha value is -2.10. The van der Waals surface area contributed by atoms with Gasteiger partial charge in [0, 0.05) is 5.39 Å². The Morgan fingerprint density at radius 1 is 1.16 bits per heavy atom. The van der Waals surface area contributed by atoms with Crippen molar-refractivity contribution in [1.82, 2.24) is 14.8 Å². The number of aromatic nitrogens is 3. The second-order valence-corrected chi connectivity index (χ2v) is 5.29. The molecule has 1 saturated carbocycles. The van der Waals surface area contributed by atoms with Crippen LogP contribution in [0.15, 0.2) is 35.3 Å². The molecule has 0 spiro atoms. The number of nitrogens with zero attached hydrogens (tertiary/aromatic N) is 2. The summed E-state index contributed by atoms with van der Waals surface area (Å²) in [6.07, 6.45) is 6.55. The number of hydrogen-bond donors (Lipinski definition) is 1. The maximum atomic E-state index is 12.1. The number of H-pyrrole nitrogens is 1. The van der Waals surface area contributed by atoms with E-state index in [2.05, 4.69) is 20.8 Å². The molecule has 0 aliphatic heterocycles. The fourth-order valence-electron chi connectivity index (χ4n) is 3.21. The van der Waals surface area contributed by atoms with Gasteiger partial charge in [-0.2, -0.15) is 5.10 Å². The van der Waals surface area contributed by atoms with Gasteiger partial charge in [0.2, 0.25) is 0 Å². The molecular formula is C15H15N3O. The lowest BCUT2D eigenvalue weighted by Gasteiger charge is -2.12. The summed E-state index contributed by atoms with van der Waals surface area (Å²) in [6, 6.07) is 8.40. The van der Waals surface area contributed by atoms with Crippen molar-refractivity contribution < 1.29 is 0 Å². The number of aromatic amines is 1. The topological polar surface area (TPSA) is 50.7 Å². The van der Waals surface area contributed by atoms with Gasteiger partial charge in [0.1, 0.15) is 0 Å². The summed E-state index contributed by atoms with van der Waals surface area (Å²) < 4.78 is 2.07. The Bertz CT molecular complexity index is 809. The highest BCUT2D eigenvalue weighted by Crippen LogP contribution is 2.32. The van der Waals surface area contributed by atoms with Crippen molar-refractivity contribution in [2.24, 2.45) is 0 Å². The van der Waals surface area contributed by atoms with Crippen LogP contribution in [0.1, 0.15) is 31.7 Å². The van der Waals surface area contributed by atoms with Crippen LogP contribution in [0.3, 0.4) is 0 Å². The minimum absolute atomic E-state index is 0.0436. The maximum Gasteiger partial charge on any atom is 0.259 e. The molecule has 0 saturated heterocycles. The second kappa shape index (κ2) is 3.95. The molecule has 1 aromatic carbocycles. The number of fused-ring (bicyclic) bond motifs is 3. The van der Waals surface area contributed by atoms with Crippen LogP contribution in [0.2, 0.25) is 0 Å². The lowest BCUT2D eigenvalue weighted by Crippen LogP contribution is -2.09. The molecule has 96 valence electrons. The number of benzene rings is 1. The first-order valence-electron chi connectivity index (χ1n) is 6.83. The van der Waals surface area contributed by atoms with Gasteiger partial charge in [0.15, 0.2) is 0 Å². The average molecular weight is 253 g/mol. The van der Waals surface area contributed by atoms with Crippen LogP contribution in [-0.2, 0) is 0 Å². The molecular weight excluding hydrogens is 238 g/mol. The van der Waals surface area contributed by atoms with E-state index >= 15 is 0 Å². The third-order valence-corrected chi connectivity index (χ3v) is 4.14. The Balaban J connectivity index is 2.12. The van der Waals surface area contributed by atoms with Crippen LogP contribution in [0.5, 0.6) is 0 Å². The molecule has 4 heteroatoms. The predicted molar refractivity (Wildman–Crippen MR) is 75.4 cm³/mol. The zero-order valence-electron chi connectivity index (χ0n) is 10.6. The van der Waals surface area contributed by atoms with E-state index in [0.29, 0.717) is 11.4 Å². The van der Waals surface area contributed by atoms with E-state index in [1.807, 2.05) is 18.2 Å². The molecule has 2 heterocycles. The zero-order chi connectivity index (χ0) is 12.8. The third-order valence-electron chi connectivity index (χ3n) is 4.14. The molecule has 1 aliphatic rings. The van der Waals surface area contributed by atoms with Crippen LogP contribution < -0.4 is 5.56 Å². The predicted octanol–water partition coefficient (Wildman–Crippen LogP) is 2.99. The van der Waals surface area contributed by atoms with Gasteiger partial charge in [0.25, 0.3) is 5.56 Å². The largest absolute Gasteiger partial charge is 0.321 e. The first-order valence-corrected chi connectivity index (χ1v) is 6.83. The molecule has 0 amide bonds. The van der Waals surface area contributed by atoms with Gasteiger partial charge in [-0.15, -0.1) is 0 Å². The molecule has 0 unspecified atom stereocenters. The van der Waals surface area contributed by atoms with E-state index in [1.165, 1.54) is 12.8 Å². The van der Waals surface area contributed by atoms with Crippen molar-refractivity contribution in [2.75, 3.05) is 0 Å². The first kappa shape index (κ1) is 10.8. The van der Waals surface area contributed by atoms with Crippen LogP contribution in [0.25, 0.3) is 21.8 Å². The maximum absolute atomic E-state index is 12.1. The highest BCUT2D eigenvalue weighted by Gasteiger charge is 2.21. The van der Waals surface area contributed by atoms with E-state index in [-0.39, 0.29) is 5.56 Å². The molecule has 4 rings (SSSR count). The smallest absolute Gasteiger partial charge is 0.259 e. The summed E-state index contributed by atoms with van der Waals surface area (Å²) in [4.78, 5) is 15.0. The normalized spacial score (nSPS) is 16.6. The van der Waals surface area contributed by atoms with Crippen molar-refractivity contribution in [3.05, 3.63) is 40.8 Å². The number of rotatable bonds is 1. The molecule has 0 bridgehead atoms. The van der Waals surface area contributed by atoms with Gasteiger partial charge >= 0.3 is 0 Å². The first-order chi connectivity index (χ1) is 9.34. The molecule has 4 nitrogen and oxygen atoms in total. The van der Waals surface area contributed by atoms with Crippen molar-refractivity contribution in [2.45, 2.75) is 31.7 Å². The fraction of sp³-hybridized carbons (Fsp3) is 0.333. The summed E-state index contributed by atoms with van der Waals surface area (Å²) in [5.74, 6) is 0. The van der Waals surface area contributed by atoms with Crippen LogP contribution in [0.4, 0.5) is 0 Å². The number of hydrogen-bond acceptors (Lipinski definition) is 2. The summed E-state index contributed by atoms with van der Waals surface area (Å²) in [5, 5.41) is 6.27.